The summed E-state index contributed by atoms with van der Waals surface area (Å²) < 4.78 is 28.4. The summed E-state index contributed by atoms with van der Waals surface area (Å²) in [5.74, 6) is -0.303. The van der Waals surface area contributed by atoms with Crippen LogP contribution in [0.4, 0.5) is 10.5 Å². The van der Waals surface area contributed by atoms with Gasteiger partial charge in [0.05, 0.1) is 4.90 Å². The van der Waals surface area contributed by atoms with Gasteiger partial charge < -0.3 is 10.1 Å². The van der Waals surface area contributed by atoms with Crippen molar-refractivity contribution in [3.8, 4) is 0 Å². The number of nitrogens with one attached hydrogen (secondary N) is 1. The molecule has 2 amide bonds. The Bertz CT molecular complexity index is 766. The molecule has 1 atom stereocenters. The van der Waals surface area contributed by atoms with Gasteiger partial charge in [-0.25, -0.2) is 13.2 Å². The normalized spacial score (nSPS) is 18.3. The Kier molecular flexibility index (Phi) is 5.95. The highest BCUT2D eigenvalue weighted by atomic mass is 32.2. The van der Waals surface area contributed by atoms with Crippen LogP contribution in [0.15, 0.2) is 29.2 Å². The van der Waals surface area contributed by atoms with Gasteiger partial charge in [0.2, 0.25) is 5.91 Å². The molecule has 0 bridgehead atoms. The summed E-state index contributed by atoms with van der Waals surface area (Å²) in [5.41, 5.74) is -0.145. The molecule has 1 aromatic rings. The molecule has 0 radical (unpaired) electrons. The molecule has 0 unspecified atom stereocenters. The largest absolute Gasteiger partial charge is 0.444 e. The first-order valence-electron chi connectivity index (χ1n) is 8.58. The van der Waals surface area contributed by atoms with Crippen molar-refractivity contribution in [2.75, 3.05) is 18.1 Å². The van der Waals surface area contributed by atoms with E-state index in [1.54, 1.807) is 20.8 Å². The number of anilines is 1. The zero-order chi connectivity index (χ0) is 19.5. The van der Waals surface area contributed by atoms with Gasteiger partial charge in [-0.2, -0.15) is 0 Å². The lowest BCUT2D eigenvalue weighted by Gasteiger charge is -2.35. The van der Waals surface area contributed by atoms with E-state index >= 15 is 0 Å². The van der Waals surface area contributed by atoms with Gasteiger partial charge in [0.15, 0.2) is 9.84 Å². The first-order valence-corrected chi connectivity index (χ1v) is 10.5. The molecule has 1 aliphatic heterocycles. The van der Waals surface area contributed by atoms with Gasteiger partial charge in [-0.3, -0.25) is 9.69 Å². The molecule has 8 heteroatoms. The first kappa shape index (κ1) is 20.2. The average molecular weight is 382 g/mol. The topological polar surface area (TPSA) is 92.8 Å². The lowest BCUT2D eigenvalue weighted by molar-refractivity contribution is -0.122. The third kappa shape index (κ3) is 5.45. The third-order valence-corrected chi connectivity index (χ3v) is 5.11. The summed E-state index contributed by atoms with van der Waals surface area (Å²) in [6.45, 7) is 5.83. The predicted octanol–water partition coefficient (Wildman–Crippen LogP) is 2.82. The van der Waals surface area contributed by atoms with Gasteiger partial charge in [-0.1, -0.05) is 0 Å². The standard InChI is InChI=1S/C18H26N2O5S/c1-18(2,3)25-17(22)20-12-6-5-7-15(20)16(21)19-13-8-10-14(11-9-13)26(4,23)24/h8-11,15H,5-7,12H2,1-4H3,(H,19,21)/t15-/m1/s1. The van der Waals surface area contributed by atoms with Crippen molar-refractivity contribution >= 4 is 27.5 Å². The van der Waals surface area contributed by atoms with Crippen LogP contribution in [0.5, 0.6) is 0 Å². The maximum Gasteiger partial charge on any atom is 0.410 e. The van der Waals surface area contributed by atoms with E-state index in [2.05, 4.69) is 5.32 Å². The van der Waals surface area contributed by atoms with E-state index in [0.29, 0.717) is 18.7 Å². The number of amides is 2. The van der Waals surface area contributed by atoms with Crippen molar-refractivity contribution in [3.05, 3.63) is 24.3 Å². The number of hydrogen-bond donors (Lipinski definition) is 1. The van der Waals surface area contributed by atoms with Crippen molar-refractivity contribution in [1.82, 2.24) is 4.90 Å². The fourth-order valence-electron chi connectivity index (χ4n) is 2.75. The zero-order valence-electron chi connectivity index (χ0n) is 15.6. The lowest BCUT2D eigenvalue weighted by Crippen LogP contribution is -2.51. The minimum atomic E-state index is -3.29. The van der Waals surface area contributed by atoms with Gasteiger partial charge in [-0.15, -0.1) is 0 Å². The molecule has 1 aromatic carbocycles. The van der Waals surface area contributed by atoms with Crippen molar-refractivity contribution in [2.24, 2.45) is 0 Å². The van der Waals surface area contributed by atoms with Crippen LogP contribution in [0.1, 0.15) is 40.0 Å². The predicted molar refractivity (Wildman–Crippen MR) is 98.8 cm³/mol. The third-order valence-electron chi connectivity index (χ3n) is 3.98. The Hall–Kier alpha value is -2.09. The lowest BCUT2D eigenvalue weighted by atomic mass is 10.0. The Morgan fingerprint density at radius 1 is 1.15 bits per heavy atom. The van der Waals surface area contributed by atoms with Crippen LogP contribution < -0.4 is 5.32 Å². The minimum Gasteiger partial charge on any atom is -0.444 e. The van der Waals surface area contributed by atoms with E-state index in [4.69, 9.17) is 4.74 Å². The smallest absolute Gasteiger partial charge is 0.410 e. The van der Waals surface area contributed by atoms with Crippen molar-refractivity contribution in [3.63, 3.8) is 0 Å². The van der Waals surface area contributed by atoms with Crippen molar-refractivity contribution in [1.29, 1.82) is 0 Å². The van der Waals surface area contributed by atoms with Gasteiger partial charge >= 0.3 is 6.09 Å². The molecule has 2 rings (SSSR count). The first-order chi connectivity index (χ1) is 12.0. The Morgan fingerprint density at radius 3 is 2.31 bits per heavy atom. The summed E-state index contributed by atoms with van der Waals surface area (Å²) >= 11 is 0. The highest BCUT2D eigenvalue weighted by Gasteiger charge is 2.34. The second-order valence-electron chi connectivity index (χ2n) is 7.47. The van der Waals surface area contributed by atoms with E-state index in [1.165, 1.54) is 29.2 Å². The SMILES string of the molecule is CC(C)(C)OC(=O)N1CCCC[C@@H]1C(=O)Nc1ccc(S(C)(=O)=O)cc1. The van der Waals surface area contributed by atoms with Crippen LogP contribution in [0.25, 0.3) is 0 Å². The van der Waals surface area contributed by atoms with Crippen molar-refractivity contribution in [2.45, 2.75) is 56.6 Å². The number of nitrogens with zero attached hydrogens (tertiary/aromatic N) is 1. The van der Waals surface area contributed by atoms with Crippen molar-refractivity contribution < 1.29 is 22.7 Å². The summed E-state index contributed by atoms with van der Waals surface area (Å²) in [7, 11) is -3.29. The number of rotatable bonds is 3. The number of likely N-dealkylation sites (tertiary alicyclic amines) is 1. The van der Waals surface area contributed by atoms with Crippen LogP contribution in [0.3, 0.4) is 0 Å². The number of sulfone groups is 1. The highest BCUT2D eigenvalue weighted by Crippen LogP contribution is 2.22. The summed E-state index contributed by atoms with van der Waals surface area (Å²) in [6, 6.07) is 5.35. The van der Waals surface area contributed by atoms with Crippen LogP contribution in [0, 0.1) is 0 Å². The zero-order valence-corrected chi connectivity index (χ0v) is 16.4. The molecule has 1 heterocycles. The Balaban J connectivity index is 2.09. The molecule has 0 aliphatic carbocycles. The van der Waals surface area contributed by atoms with Crippen LogP contribution >= 0.6 is 0 Å². The van der Waals surface area contributed by atoms with Crippen LogP contribution in [-0.2, 0) is 19.4 Å². The van der Waals surface area contributed by atoms with E-state index in [-0.39, 0.29) is 10.8 Å². The van der Waals surface area contributed by atoms with E-state index < -0.39 is 27.6 Å². The molecule has 0 aromatic heterocycles. The highest BCUT2D eigenvalue weighted by molar-refractivity contribution is 7.90. The minimum absolute atomic E-state index is 0.184. The van der Waals surface area contributed by atoms with Gasteiger partial charge in [0.25, 0.3) is 0 Å². The number of ether oxygens (including phenoxy) is 1. The quantitative estimate of drug-likeness (QED) is 0.868. The summed E-state index contributed by atoms with van der Waals surface area (Å²) in [4.78, 5) is 26.7. The molecular weight excluding hydrogens is 356 g/mol. The van der Waals surface area contributed by atoms with E-state index in [1.807, 2.05) is 0 Å². The molecule has 144 valence electrons. The number of carbonyl (C=O) groups is 2. The Morgan fingerprint density at radius 2 is 1.77 bits per heavy atom. The van der Waals surface area contributed by atoms with Crippen LogP contribution in [-0.4, -0.2) is 49.8 Å². The number of piperidine rings is 1. The maximum absolute atomic E-state index is 12.7. The molecule has 1 fully saturated rings. The second kappa shape index (κ2) is 7.65. The fourth-order valence-corrected chi connectivity index (χ4v) is 3.38. The fraction of sp³-hybridized carbons (Fsp3) is 0.556. The number of carbonyl (C=O) groups excluding carboxylic acids is 2. The van der Waals surface area contributed by atoms with Gasteiger partial charge in [0.1, 0.15) is 11.6 Å². The number of benzene rings is 1. The summed E-state index contributed by atoms with van der Waals surface area (Å²) in [6.07, 6.45) is 2.87. The molecule has 1 saturated heterocycles. The van der Waals surface area contributed by atoms with Gasteiger partial charge in [-0.05, 0) is 64.3 Å². The van der Waals surface area contributed by atoms with Gasteiger partial charge in [0, 0.05) is 18.5 Å². The number of hydrogen-bond acceptors (Lipinski definition) is 5. The van der Waals surface area contributed by atoms with Crippen LogP contribution in [0.2, 0.25) is 0 Å². The molecular formula is C18H26N2O5S. The second-order valence-corrected chi connectivity index (χ2v) is 9.49. The molecule has 1 N–H and O–H groups in total. The van der Waals surface area contributed by atoms with E-state index in [0.717, 1.165) is 19.1 Å². The molecule has 0 saturated carbocycles. The maximum atomic E-state index is 12.7. The average Bonchev–Trinajstić information content (AvgIpc) is 2.53. The Labute approximate surface area is 154 Å². The molecule has 26 heavy (non-hydrogen) atoms. The molecule has 1 aliphatic rings. The van der Waals surface area contributed by atoms with E-state index in [9.17, 15) is 18.0 Å². The molecule has 0 spiro atoms. The monoisotopic (exact) mass is 382 g/mol. The summed E-state index contributed by atoms with van der Waals surface area (Å²) in [5, 5.41) is 2.75. The molecule has 7 nitrogen and oxygen atoms in total.